The van der Waals surface area contributed by atoms with Gasteiger partial charge in [0.05, 0.1) is 36.8 Å². The Balaban J connectivity index is 2.06. The maximum absolute atomic E-state index is 13.2. The molecule has 1 aromatic carbocycles. The standard InChI is InChI=1S/C16H20N6O3/c1-10-8-13(22-18-5-6-19-22)11(9-14(10)25-2)16(23)21-7-3-4-12(21)15(17)20-24/h5-6,8-9,12,24H,3-4,7H2,1-2H3,(H2,17,20). The van der Waals surface area contributed by atoms with Crippen LogP contribution in [0, 0.1) is 12.3 Å². The van der Waals surface area contributed by atoms with Crippen LogP contribution in [0.15, 0.2) is 24.5 Å². The maximum Gasteiger partial charge on any atom is 0.256 e. The van der Waals surface area contributed by atoms with E-state index in [1.54, 1.807) is 24.1 Å². The largest absolute Gasteiger partial charge is 0.496 e. The molecule has 1 aliphatic rings. The smallest absolute Gasteiger partial charge is 0.256 e. The molecule has 1 aliphatic heterocycles. The highest BCUT2D eigenvalue weighted by molar-refractivity contribution is 6.01. The predicted molar refractivity (Wildman–Crippen MR) is 89.4 cm³/mol. The van der Waals surface area contributed by atoms with Crippen molar-refractivity contribution >= 4 is 11.7 Å². The first-order valence-electron chi connectivity index (χ1n) is 7.91. The van der Waals surface area contributed by atoms with Gasteiger partial charge in [0.1, 0.15) is 11.6 Å². The molecule has 2 heterocycles. The molecule has 1 atom stereocenters. The SMILES string of the molecule is COc1cc(C(=O)N2CCCC2C(=N)NO)c(-n2nccn2)cc1C. The van der Waals surface area contributed by atoms with Crippen molar-refractivity contribution in [2.75, 3.05) is 13.7 Å². The van der Waals surface area contributed by atoms with Crippen LogP contribution in [0.4, 0.5) is 0 Å². The fraction of sp³-hybridized carbons (Fsp3) is 0.375. The molecular formula is C16H20N6O3. The minimum absolute atomic E-state index is 0.0938. The van der Waals surface area contributed by atoms with Crippen molar-refractivity contribution in [2.24, 2.45) is 0 Å². The first kappa shape index (κ1) is 16.9. The molecule has 1 fully saturated rings. The van der Waals surface area contributed by atoms with Crippen LogP contribution >= 0.6 is 0 Å². The molecule has 3 rings (SSSR count). The third kappa shape index (κ3) is 3.05. The number of ether oxygens (including phenoxy) is 1. The van der Waals surface area contributed by atoms with Crippen LogP contribution in [0.2, 0.25) is 0 Å². The summed E-state index contributed by atoms with van der Waals surface area (Å²) in [5, 5.41) is 25.1. The van der Waals surface area contributed by atoms with Gasteiger partial charge in [0, 0.05) is 6.54 Å². The Hall–Kier alpha value is -2.94. The number of carbonyl (C=O) groups excluding carboxylic acids is 1. The summed E-state index contributed by atoms with van der Waals surface area (Å²) >= 11 is 0. The van der Waals surface area contributed by atoms with E-state index in [0.29, 0.717) is 30.0 Å². The van der Waals surface area contributed by atoms with E-state index in [1.165, 1.54) is 17.2 Å². The normalized spacial score (nSPS) is 16.8. The van der Waals surface area contributed by atoms with E-state index in [-0.39, 0.29) is 11.7 Å². The van der Waals surface area contributed by atoms with Gasteiger partial charge in [0.25, 0.3) is 5.91 Å². The highest BCUT2D eigenvalue weighted by Crippen LogP contribution is 2.28. The Morgan fingerprint density at radius 3 is 2.76 bits per heavy atom. The number of likely N-dealkylation sites (tertiary alicyclic amines) is 1. The Bertz CT molecular complexity index is 789. The van der Waals surface area contributed by atoms with E-state index in [1.807, 2.05) is 12.4 Å². The number of aromatic nitrogens is 3. The summed E-state index contributed by atoms with van der Waals surface area (Å²) in [6.07, 6.45) is 4.46. The van der Waals surface area contributed by atoms with Crippen molar-refractivity contribution in [1.82, 2.24) is 25.4 Å². The second kappa shape index (κ2) is 6.89. The summed E-state index contributed by atoms with van der Waals surface area (Å²) in [6, 6.07) is 2.98. The molecule has 1 aromatic heterocycles. The van der Waals surface area contributed by atoms with Gasteiger partial charge in [-0.3, -0.25) is 20.9 Å². The highest BCUT2D eigenvalue weighted by atomic mass is 16.5. The summed E-state index contributed by atoms with van der Waals surface area (Å²) in [5.74, 6) is 0.238. The minimum Gasteiger partial charge on any atom is -0.496 e. The number of benzene rings is 1. The quantitative estimate of drug-likeness (QED) is 0.435. The molecule has 0 saturated carbocycles. The lowest BCUT2D eigenvalue weighted by atomic mass is 10.1. The molecule has 1 saturated heterocycles. The molecular weight excluding hydrogens is 324 g/mol. The van der Waals surface area contributed by atoms with E-state index < -0.39 is 6.04 Å². The summed E-state index contributed by atoms with van der Waals surface area (Å²) in [5.41, 5.74) is 3.64. The summed E-state index contributed by atoms with van der Waals surface area (Å²) in [7, 11) is 1.55. The number of nitrogens with zero attached hydrogens (tertiary/aromatic N) is 4. The van der Waals surface area contributed by atoms with Crippen LogP contribution in [0.25, 0.3) is 5.69 Å². The fourth-order valence-electron chi connectivity index (χ4n) is 3.11. The van der Waals surface area contributed by atoms with Crippen molar-refractivity contribution in [3.63, 3.8) is 0 Å². The lowest BCUT2D eigenvalue weighted by Crippen LogP contribution is -2.45. The number of nitrogens with one attached hydrogen (secondary N) is 2. The van der Waals surface area contributed by atoms with E-state index in [9.17, 15) is 4.79 Å². The molecule has 1 amide bonds. The van der Waals surface area contributed by atoms with Crippen molar-refractivity contribution in [2.45, 2.75) is 25.8 Å². The van der Waals surface area contributed by atoms with Gasteiger partial charge >= 0.3 is 0 Å². The third-order valence-electron chi connectivity index (χ3n) is 4.35. The summed E-state index contributed by atoms with van der Waals surface area (Å²) in [6.45, 7) is 2.39. The van der Waals surface area contributed by atoms with Crippen LogP contribution in [0.1, 0.15) is 28.8 Å². The van der Waals surface area contributed by atoms with E-state index in [0.717, 1.165) is 12.0 Å². The molecule has 0 spiro atoms. The Morgan fingerprint density at radius 2 is 2.12 bits per heavy atom. The third-order valence-corrected chi connectivity index (χ3v) is 4.35. The second-order valence-electron chi connectivity index (χ2n) is 5.84. The molecule has 25 heavy (non-hydrogen) atoms. The molecule has 1 unspecified atom stereocenters. The van der Waals surface area contributed by atoms with E-state index >= 15 is 0 Å². The minimum atomic E-state index is -0.483. The van der Waals surface area contributed by atoms with Gasteiger partial charge in [-0.1, -0.05) is 0 Å². The first-order valence-corrected chi connectivity index (χ1v) is 7.91. The number of hydroxylamine groups is 1. The van der Waals surface area contributed by atoms with Gasteiger partial charge in [-0.25, -0.2) is 0 Å². The fourth-order valence-corrected chi connectivity index (χ4v) is 3.11. The van der Waals surface area contributed by atoms with Crippen LogP contribution in [0.5, 0.6) is 5.75 Å². The number of amides is 1. The van der Waals surface area contributed by atoms with Gasteiger partial charge in [0.2, 0.25) is 0 Å². The number of carbonyl (C=O) groups is 1. The average Bonchev–Trinajstić information content (AvgIpc) is 3.31. The van der Waals surface area contributed by atoms with E-state index in [4.69, 9.17) is 15.4 Å². The summed E-state index contributed by atoms with van der Waals surface area (Å²) < 4.78 is 5.35. The zero-order valence-corrected chi connectivity index (χ0v) is 14.1. The van der Waals surface area contributed by atoms with Crippen LogP contribution in [-0.4, -0.2) is 56.5 Å². The van der Waals surface area contributed by atoms with Gasteiger partial charge in [0.15, 0.2) is 0 Å². The molecule has 0 bridgehead atoms. The Kier molecular flexibility index (Phi) is 4.66. The summed E-state index contributed by atoms with van der Waals surface area (Å²) in [4.78, 5) is 16.1. The van der Waals surface area contributed by atoms with Gasteiger partial charge in [-0.05, 0) is 37.5 Å². The van der Waals surface area contributed by atoms with Gasteiger partial charge < -0.3 is 9.64 Å². The van der Waals surface area contributed by atoms with Crippen LogP contribution in [0.3, 0.4) is 0 Å². The van der Waals surface area contributed by atoms with Gasteiger partial charge in [-0.15, -0.1) is 0 Å². The average molecular weight is 344 g/mol. The molecule has 9 heteroatoms. The molecule has 9 nitrogen and oxygen atoms in total. The second-order valence-corrected chi connectivity index (χ2v) is 5.84. The maximum atomic E-state index is 13.2. The molecule has 0 radical (unpaired) electrons. The van der Waals surface area contributed by atoms with E-state index in [2.05, 4.69) is 10.2 Å². The molecule has 132 valence electrons. The number of hydrogen-bond donors (Lipinski definition) is 3. The lowest BCUT2D eigenvalue weighted by molar-refractivity contribution is 0.0761. The molecule has 3 N–H and O–H groups in total. The van der Waals surface area contributed by atoms with Crippen molar-refractivity contribution in [3.8, 4) is 11.4 Å². The van der Waals surface area contributed by atoms with Crippen molar-refractivity contribution < 1.29 is 14.7 Å². The Labute approximate surface area is 144 Å². The lowest BCUT2D eigenvalue weighted by Gasteiger charge is -2.25. The number of hydrogen-bond acceptors (Lipinski definition) is 6. The number of methoxy groups -OCH3 is 1. The van der Waals surface area contributed by atoms with Crippen molar-refractivity contribution in [1.29, 1.82) is 5.41 Å². The number of rotatable bonds is 4. The Morgan fingerprint density at radius 1 is 1.40 bits per heavy atom. The molecule has 0 aliphatic carbocycles. The first-order chi connectivity index (χ1) is 12.1. The van der Waals surface area contributed by atoms with Crippen molar-refractivity contribution in [3.05, 3.63) is 35.7 Å². The highest BCUT2D eigenvalue weighted by Gasteiger charge is 2.34. The number of aryl methyl sites for hydroxylation is 1. The van der Waals surface area contributed by atoms with Crippen LogP contribution < -0.4 is 10.2 Å². The zero-order valence-electron chi connectivity index (χ0n) is 14.1. The molecule has 2 aromatic rings. The van der Waals surface area contributed by atoms with Gasteiger partial charge in [-0.2, -0.15) is 15.0 Å². The predicted octanol–water partition coefficient (Wildman–Crippen LogP) is 1.14. The zero-order chi connectivity index (χ0) is 18.0. The topological polar surface area (TPSA) is 116 Å². The monoisotopic (exact) mass is 344 g/mol. The van der Waals surface area contributed by atoms with Crippen LogP contribution in [-0.2, 0) is 0 Å². The number of amidine groups is 1.